The topological polar surface area (TPSA) is 17.1 Å². The molecule has 3 aromatic rings. The molecule has 0 saturated heterocycles. The van der Waals surface area contributed by atoms with Gasteiger partial charge in [0, 0.05) is 15.6 Å². The van der Waals surface area contributed by atoms with Gasteiger partial charge in [0.05, 0.1) is 9.90 Å². The summed E-state index contributed by atoms with van der Waals surface area (Å²) in [4.78, 5) is 13.0. The highest BCUT2D eigenvalue weighted by molar-refractivity contribution is 7.21. The van der Waals surface area contributed by atoms with Crippen molar-refractivity contribution < 1.29 is 4.79 Å². The van der Waals surface area contributed by atoms with Gasteiger partial charge in [0.25, 0.3) is 0 Å². The quantitative estimate of drug-likeness (QED) is 0.613. The summed E-state index contributed by atoms with van der Waals surface area (Å²) in [6.45, 7) is 0. The Hall–Kier alpha value is -1.64. The van der Waals surface area contributed by atoms with Crippen molar-refractivity contribution in [2.24, 2.45) is 0 Å². The summed E-state index contributed by atoms with van der Waals surface area (Å²) in [7, 11) is 0. The van der Waals surface area contributed by atoms with E-state index in [0.29, 0.717) is 15.5 Å². The smallest absolute Gasteiger partial charge is 0.204 e. The summed E-state index contributed by atoms with van der Waals surface area (Å²) in [5.74, 6) is -0.0122. The van der Waals surface area contributed by atoms with Crippen molar-refractivity contribution in [3.05, 3.63) is 70.1 Å². The van der Waals surface area contributed by atoms with Crippen LogP contribution in [0.5, 0.6) is 0 Å². The molecule has 0 unspecified atom stereocenters. The molecule has 0 N–H and O–H groups in total. The second-order valence-electron chi connectivity index (χ2n) is 3.94. The van der Waals surface area contributed by atoms with Crippen molar-refractivity contribution in [3.8, 4) is 0 Å². The number of benzene rings is 2. The summed E-state index contributed by atoms with van der Waals surface area (Å²) in [5, 5.41) is 1.51. The standard InChI is InChI=1S/C15H9ClOS/c16-13-11-8-4-5-9-12(11)18-15(13)14(17)10-6-2-1-3-7-10/h1-9H. The molecule has 3 rings (SSSR count). The predicted octanol–water partition coefficient (Wildman–Crippen LogP) is 4.79. The highest BCUT2D eigenvalue weighted by Crippen LogP contribution is 2.36. The van der Waals surface area contributed by atoms with E-state index in [-0.39, 0.29) is 5.78 Å². The normalized spacial score (nSPS) is 10.7. The van der Waals surface area contributed by atoms with Gasteiger partial charge in [0.15, 0.2) is 0 Å². The first-order valence-electron chi connectivity index (χ1n) is 5.54. The Balaban J connectivity index is 2.15. The Kier molecular flexibility index (Phi) is 2.90. The third-order valence-electron chi connectivity index (χ3n) is 2.78. The lowest BCUT2D eigenvalue weighted by molar-refractivity contribution is 0.104. The van der Waals surface area contributed by atoms with Crippen molar-refractivity contribution in [3.63, 3.8) is 0 Å². The molecule has 0 bridgehead atoms. The van der Waals surface area contributed by atoms with Gasteiger partial charge in [-0.3, -0.25) is 4.79 Å². The number of ketones is 1. The summed E-state index contributed by atoms with van der Waals surface area (Å²) in [6, 6.07) is 17.0. The Bertz CT molecular complexity index is 716. The molecule has 2 aromatic carbocycles. The predicted molar refractivity (Wildman–Crippen MR) is 76.7 cm³/mol. The number of hydrogen-bond acceptors (Lipinski definition) is 2. The van der Waals surface area contributed by atoms with Crippen molar-refractivity contribution >= 4 is 38.8 Å². The maximum Gasteiger partial charge on any atom is 0.204 e. The van der Waals surface area contributed by atoms with Crippen LogP contribution in [0, 0.1) is 0 Å². The third kappa shape index (κ3) is 1.84. The van der Waals surface area contributed by atoms with E-state index >= 15 is 0 Å². The first-order chi connectivity index (χ1) is 8.77. The minimum absolute atomic E-state index is 0.0122. The second kappa shape index (κ2) is 4.56. The molecule has 0 atom stereocenters. The number of carbonyl (C=O) groups excluding carboxylic acids is 1. The van der Waals surface area contributed by atoms with Crippen LogP contribution in [0.2, 0.25) is 5.02 Å². The fourth-order valence-corrected chi connectivity index (χ4v) is 3.36. The first kappa shape index (κ1) is 11.5. The molecule has 1 aromatic heterocycles. The van der Waals surface area contributed by atoms with Crippen LogP contribution in [-0.2, 0) is 0 Å². The van der Waals surface area contributed by atoms with E-state index in [4.69, 9.17) is 11.6 Å². The molecule has 0 aliphatic carbocycles. The summed E-state index contributed by atoms with van der Waals surface area (Å²) in [5.41, 5.74) is 0.672. The fourth-order valence-electron chi connectivity index (χ4n) is 1.88. The van der Waals surface area contributed by atoms with Gasteiger partial charge < -0.3 is 0 Å². The highest BCUT2D eigenvalue weighted by Gasteiger charge is 2.17. The third-order valence-corrected chi connectivity index (χ3v) is 4.45. The zero-order chi connectivity index (χ0) is 12.5. The lowest BCUT2D eigenvalue weighted by Crippen LogP contribution is -1.98. The summed E-state index contributed by atoms with van der Waals surface area (Å²) >= 11 is 7.74. The van der Waals surface area contributed by atoms with E-state index < -0.39 is 0 Å². The molecular weight excluding hydrogens is 264 g/mol. The average Bonchev–Trinajstić information content (AvgIpc) is 2.77. The molecule has 0 radical (unpaired) electrons. The van der Waals surface area contributed by atoms with E-state index in [2.05, 4.69) is 0 Å². The van der Waals surface area contributed by atoms with Crippen LogP contribution in [0.3, 0.4) is 0 Å². The molecule has 88 valence electrons. The number of carbonyl (C=O) groups is 1. The lowest BCUT2D eigenvalue weighted by atomic mass is 10.1. The molecular formula is C15H9ClOS. The first-order valence-corrected chi connectivity index (χ1v) is 6.73. The molecule has 0 saturated carbocycles. The maximum atomic E-state index is 12.4. The number of thiophene rings is 1. The van der Waals surface area contributed by atoms with Gasteiger partial charge in [0.2, 0.25) is 5.78 Å². The average molecular weight is 273 g/mol. The van der Waals surface area contributed by atoms with E-state index in [0.717, 1.165) is 10.1 Å². The Morgan fingerprint density at radius 2 is 1.61 bits per heavy atom. The van der Waals surface area contributed by atoms with Gasteiger partial charge in [-0.05, 0) is 6.07 Å². The van der Waals surface area contributed by atoms with Crippen molar-refractivity contribution in [1.82, 2.24) is 0 Å². The summed E-state index contributed by atoms with van der Waals surface area (Å²) < 4.78 is 1.04. The zero-order valence-electron chi connectivity index (χ0n) is 9.39. The number of halogens is 1. The van der Waals surface area contributed by atoms with Gasteiger partial charge in [-0.15, -0.1) is 11.3 Å². The van der Waals surface area contributed by atoms with Crippen LogP contribution in [0.1, 0.15) is 15.2 Å². The fraction of sp³-hybridized carbons (Fsp3) is 0. The Labute approximate surface area is 114 Å². The van der Waals surface area contributed by atoms with Gasteiger partial charge in [-0.25, -0.2) is 0 Å². The molecule has 18 heavy (non-hydrogen) atoms. The molecule has 1 nitrogen and oxygen atoms in total. The Morgan fingerprint density at radius 1 is 0.944 bits per heavy atom. The second-order valence-corrected chi connectivity index (χ2v) is 5.37. The van der Waals surface area contributed by atoms with Crippen molar-refractivity contribution in [2.75, 3.05) is 0 Å². The minimum Gasteiger partial charge on any atom is -0.288 e. The number of rotatable bonds is 2. The molecule has 3 heteroatoms. The van der Waals surface area contributed by atoms with E-state index in [9.17, 15) is 4.79 Å². The van der Waals surface area contributed by atoms with Gasteiger partial charge >= 0.3 is 0 Å². The van der Waals surface area contributed by atoms with Crippen LogP contribution >= 0.6 is 22.9 Å². The monoisotopic (exact) mass is 272 g/mol. The maximum absolute atomic E-state index is 12.4. The van der Waals surface area contributed by atoms with Crippen molar-refractivity contribution in [1.29, 1.82) is 0 Å². The van der Waals surface area contributed by atoms with Crippen LogP contribution in [0.15, 0.2) is 54.6 Å². The minimum atomic E-state index is -0.0122. The van der Waals surface area contributed by atoms with Gasteiger partial charge in [-0.1, -0.05) is 60.1 Å². The van der Waals surface area contributed by atoms with Crippen LogP contribution in [-0.4, -0.2) is 5.78 Å². The lowest BCUT2D eigenvalue weighted by Gasteiger charge is -1.97. The van der Waals surface area contributed by atoms with Crippen LogP contribution < -0.4 is 0 Å². The van der Waals surface area contributed by atoms with E-state index in [1.54, 1.807) is 0 Å². The van der Waals surface area contributed by atoms with E-state index in [1.165, 1.54) is 11.3 Å². The molecule has 0 aliphatic rings. The molecule has 0 fully saturated rings. The van der Waals surface area contributed by atoms with Crippen LogP contribution in [0.4, 0.5) is 0 Å². The Morgan fingerprint density at radius 3 is 2.33 bits per heavy atom. The van der Waals surface area contributed by atoms with Crippen molar-refractivity contribution in [2.45, 2.75) is 0 Å². The summed E-state index contributed by atoms with van der Waals surface area (Å²) in [6.07, 6.45) is 0. The van der Waals surface area contributed by atoms with Gasteiger partial charge in [0.1, 0.15) is 0 Å². The van der Waals surface area contributed by atoms with Gasteiger partial charge in [-0.2, -0.15) is 0 Å². The van der Waals surface area contributed by atoms with Crippen LogP contribution in [0.25, 0.3) is 10.1 Å². The van der Waals surface area contributed by atoms with E-state index in [1.807, 2.05) is 54.6 Å². The highest BCUT2D eigenvalue weighted by atomic mass is 35.5. The number of fused-ring (bicyclic) bond motifs is 1. The zero-order valence-corrected chi connectivity index (χ0v) is 11.0. The molecule has 1 heterocycles. The molecule has 0 spiro atoms. The molecule has 0 amide bonds. The molecule has 0 aliphatic heterocycles. The largest absolute Gasteiger partial charge is 0.288 e. The SMILES string of the molecule is O=C(c1ccccc1)c1sc2ccccc2c1Cl. The number of hydrogen-bond donors (Lipinski definition) is 0.